The molecule has 1 saturated heterocycles. The number of benzene rings is 2. The number of nitrogens with zero attached hydrogens (tertiary/aromatic N) is 3. The monoisotopic (exact) mass is 436 g/mol. The molecule has 7 heteroatoms. The lowest BCUT2D eigenvalue weighted by atomic mass is 10.1. The average Bonchev–Trinajstić information content (AvgIpc) is 2.83. The Labute approximate surface area is 191 Å². The highest BCUT2D eigenvalue weighted by Crippen LogP contribution is 2.10. The Balaban J connectivity index is 1.41. The molecule has 0 radical (unpaired) electrons. The van der Waals surface area contributed by atoms with Crippen LogP contribution in [0.2, 0.25) is 0 Å². The van der Waals surface area contributed by atoms with Crippen molar-refractivity contribution in [2.24, 2.45) is 4.99 Å². The number of piperazine rings is 1. The summed E-state index contributed by atoms with van der Waals surface area (Å²) in [5.41, 5.74) is 4.39. The van der Waals surface area contributed by atoms with E-state index in [1.807, 2.05) is 24.3 Å². The predicted octanol–water partition coefficient (Wildman–Crippen LogP) is 1.70. The van der Waals surface area contributed by atoms with Gasteiger partial charge >= 0.3 is 0 Å². The van der Waals surface area contributed by atoms with Gasteiger partial charge in [-0.05, 0) is 42.3 Å². The zero-order chi connectivity index (χ0) is 22.8. The topological polar surface area (TPSA) is 72.0 Å². The van der Waals surface area contributed by atoms with Crippen molar-refractivity contribution < 1.29 is 4.79 Å². The summed E-state index contributed by atoms with van der Waals surface area (Å²) < 4.78 is 0. The smallest absolute Gasteiger partial charge is 0.251 e. The van der Waals surface area contributed by atoms with Crippen LogP contribution < -0.4 is 16.0 Å². The zero-order valence-corrected chi connectivity index (χ0v) is 19.5. The van der Waals surface area contributed by atoms with E-state index < -0.39 is 0 Å². The van der Waals surface area contributed by atoms with Gasteiger partial charge in [-0.25, -0.2) is 0 Å². The number of rotatable bonds is 8. The van der Waals surface area contributed by atoms with E-state index in [2.05, 4.69) is 62.1 Å². The van der Waals surface area contributed by atoms with Crippen molar-refractivity contribution in [2.45, 2.75) is 19.5 Å². The molecule has 172 valence electrons. The van der Waals surface area contributed by atoms with Gasteiger partial charge in [0.05, 0.1) is 0 Å². The minimum atomic E-state index is -0.0631. The Hall–Kier alpha value is -2.90. The summed E-state index contributed by atoms with van der Waals surface area (Å²) in [7, 11) is 5.61. The molecular weight excluding hydrogens is 400 g/mol. The lowest BCUT2D eigenvalue weighted by molar-refractivity contribution is 0.0963. The second-order valence-electron chi connectivity index (χ2n) is 8.28. The highest BCUT2D eigenvalue weighted by Gasteiger charge is 2.13. The molecule has 0 unspecified atom stereocenters. The molecule has 0 atom stereocenters. The van der Waals surface area contributed by atoms with E-state index in [-0.39, 0.29) is 5.91 Å². The first-order valence-corrected chi connectivity index (χ1v) is 11.3. The van der Waals surface area contributed by atoms with Gasteiger partial charge in [-0.3, -0.25) is 14.7 Å². The van der Waals surface area contributed by atoms with Gasteiger partial charge in [-0.15, -0.1) is 0 Å². The van der Waals surface area contributed by atoms with E-state index in [9.17, 15) is 4.79 Å². The van der Waals surface area contributed by atoms with Crippen LogP contribution >= 0.6 is 0 Å². The van der Waals surface area contributed by atoms with Crippen LogP contribution in [-0.4, -0.2) is 75.5 Å². The third kappa shape index (κ3) is 7.35. The highest BCUT2D eigenvalue weighted by molar-refractivity contribution is 5.94. The minimum Gasteiger partial charge on any atom is -0.356 e. The SMILES string of the molecule is CN=C(NCCc1cccc(C(=O)NC)c1)NCc1ccc(CN2CCN(C)CC2)cc1. The van der Waals surface area contributed by atoms with Gasteiger partial charge in [-0.2, -0.15) is 0 Å². The Kier molecular flexibility index (Phi) is 9.07. The van der Waals surface area contributed by atoms with Crippen molar-refractivity contribution in [3.8, 4) is 0 Å². The molecule has 1 fully saturated rings. The summed E-state index contributed by atoms with van der Waals surface area (Å²) >= 11 is 0. The maximum atomic E-state index is 11.8. The van der Waals surface area contributed by atoms with Gasteiger partial charge in [0.1, 0.15) is 0 Å². The zero-order valence-electron chi connectivity index (χ0n) is 19.5. The molecular formula is C25H36N6O. The molecule has 1 aliphatic rings. The third-order valence-corrected chi connectivity index (χ3v) is 5.83. The lowest BCUT2D eigenvalue weighted by Crippen LogP contribution is -2.43. The second-order valence-corrected chi connectivity index (χ2v) is 8.28. The van der Waals surface area contributed by atoms with Crippen LogP contribution in [-0.2, 0) is 19.5 Å². The number of likely N-dealkylation sites (N-methyl/N-ethyl adjacent to an activating group) is 1. The summed E-state index contributed by atoms with van der Waals surface area (Å²) in [5, 5.41) is 9.38. The van der Waals surface area contributed by atoms with Crippen molar-refractivity contribution >= 4 is 11.9 Å². The summed E-state index contributed by atoms with van der Waals surface area (Å²) in [6.45, 7) is 7.05. The van der Waals surface area contributed by atoms with E-state index in [0.717, 1.165) is 63.8 Å². The minimum absolute atomic E-state index is 0.0631. The summed E-state index contributed by atoms with van der Waals surface area (Å²) in [5.74, 6) is 0.709. The van der Waals surface area contributed by atoms with E-state index in [4.69, 9.17) is 0 Å². The molecule has 2 aromatic rings. The molecule has 3 rings (SSSR count). The standard InChI is InChI=1S/C25H36N6O/c1-26-24(32)23-6-4-5-20(17-23)11-12-28-25(27-2)29-18-21-7-9-22(10-8-21)19-31-15-13-30(3)14-16-31/h4-10,17H,11-16,18-19H2,1-3H3,(H,26,32)(H2,27,28,29). The van der Waals surface area contributed by atoms with E-state index in [1.165, 1.54) is 11.1 Å². The van der Waals surface area contributed by atoms with Crippen molar-refractivity contribution in [1.29, 1.82) is 0 Å². The molecule has 0 saturated carbocycles. The van der Waals surface area contributed by atoms with Crippen molar-refractivity contribution in [3.05, 3.63) is 70.8 Å². The third-order valence-electron chi connectivity index (χ3n) is 5.83. The number of amides is 1. The van der Waals surface area contributed by atoms with Crippen LogP contribution in [0.15, 0.2) is 53.5 Å². The molecule has 0 bridgehead atoms. The fourth-order valence-electron chi connectivity index (χ4n) is 3.77. The van der Waals surface area contributed by atoms with Crippen LogP contribution in [0, 0.1) is 0 Å². The van der Waals surface area contributed by atoms with E-state index in [0.29, 0.717) is 5.56 Å². The lowest BCUT2D eigenvalue weighted by Gasteiger charge is -2.32. The van der Waals surface area contributed by atoms with Gasteiger partial charge in [-0.1, -0.05) is 36.4 Å². The number of aliphatic imine (C=N–C) groups is 1. The van der Waals surface area contributed by atoms with Gasteiger partial charge in [0.15, 0.2) is 5.96 Å². The number of nitrogens with one attached hydrogen (secondary N) is 3. The van der Waals surface area contributed by atoms with Gasteiger partial charge in [0.2, 0.25) is 0 Å². The predicted molar refractivity (Wildman–Crippen MR) is 131 cm³/mol. The number of carbonyl (C=O) groups excluding carboxylic acids is 1. The first-order chi connectivity index (χ1) is 15.6. The van der Waals surface area contributed by atoms with Gasteiger partial charge in [0, 0.05) is 65.5 Å². The van der Waals surface area contributed by atoms with Crippen LogP contribution in [0.5, 0.6) is 0 Å². The van der Waals surface area contributed by atoms with Crippen LogP contribution in [0.1, 0.15) is 27.0 Å². The maximum Gasteiger partial charge on any atom is 0.251 e. The first-order valence-electron chi connectivity index (χ1n) is 11.3. The summed E-state index contributed by atoms with van der Waals surface area (Å²) in [4.78, 5) is 21.0. The molecule has 1 aliphatic heterocycles. The fourth-order valence-corrected chi connectivity index (χ4v) is 3.77. The molecule has 0 spiro atoms. The first kappa shape index (κ1) is 23.8. The van der Waals surface area contributed by atoms with Crippen molar-refractivity contribution in [1.82, 2.24) is 25.8 Å². The second kappa shape index (κ2) is 12.2. The number of hydrogen-bond donors (Lipinski definition) is 3. The molecule has 32 heavy (non-hydrogen) atoms. The fraction of sp³-hybridized carbons (Fsp3) is 0.440. The number of hydrogen-bond acceptors (Lipinski definition) is 4. The molecule has 7 nitrogen and oxygen atoms in total. The van der Waals surface area contributed by atoms with Gasteiger partial charge in [0.25, 0.3) is 5.91 Å². The maximum absolute atomic E-state index is 11.8. The molecule has 0 aliphatic carbocycles. The van der Waals surface area contributed by atoms with Crippen LogP contribution in [0.3, 0.4) is 0 Å². The van der Waals surface area contributed by atoms with E-state index >= 15 is 0 Å². The molecule has 1 amide bonds. The Bertz CT molecular complexity index is 888. The van der Waals surface area contributed by atoms with Crippen molar-refractivity contribution in [2.75, 3.05) is 53.9 Å². The largest absolute Gasteiger partial charge is 0.356 e. The highest BCUT2D eigenvalue weighted by atomic mass is 16.1. The molecule has 0 aromatic heterocycles. The number of guanidine groups is 1. The summed E-state index contributed by atoms with van der Waals surface area (Å²) in [6, 6.07) is 16.5. The molecule has 1 heterocycles. The molecule has 2 aromatic carbocycles. The Morgan fingerprint density at radius 1 is 0.969 bits per heavy atom. The van der Waals surface area contributed by atoms with Crippen molar-refractivity contribution in [3.63, 3.8) is 0 Å². The number of carbonyl (C=O) groups is 1. The van der Waals surface area contributed by atoms with Gasteiger partial charge < -0.3 is 20.9 Å². The molecule has 3 N–H and O–H groups in total. The summed E-state index contributed by atoms with van der Waals surface area (Å²) in [6.07, 6.45) is 0.812. The van der Waals surface area contributed by atoms with Crippen LogP contribution in [0.4, 0.5) is 0 Å². The normalized spacial score (nSPS) is 15.4. The Morgan fingerprint density at radius 3 is 2.38 bits per heavy atom. The van der Waals surface area contributed by atoms with Crippen LogP contribution in [0.25, 0.3) is 0 Å². The van der Waals surface area contributed by atoms with E-state index in [1.54, 1.807) is 14.1 Å². The average molecular weight is 437 g/mol. The Morgan fingerprint density at radius 2 is 1.69 bits per heavy atom. The quantitative estimate of drug-likeness (QED) is 0.434.